The molecule has 80 valence electrons. The van der Waals surface area contributed by atoms with Crippen LogP contribution in [0.3, 0.4) is 0 Å². The summed E-state index contributed by atoms with van der Waals surface area (Å²) in [7, 11) is 0. The van der Waals surface area contributed by atoms with E-state index in [1.807, 2.05) is 6.07 Å². The summed E-state index contributed by atoms with van der Waals surface area (Å²) in [6.45, 7) is 6.97. The quantitative estimate of drug-likeness (QED) is 0.723. The fourth-order valence-electron chi connectivity index (χ4n) is 1.19. The lowest BCUT2D eigenvalue weighted by atomic mass is 10.1. The second kappa shape index (κ2) is 4.33. The van der Waals surface area contributed by atoms with Crippen LogP contribution in [-0.4, -0.2) is 5.54 Å². The molecule has 0 radical (unpaired) electrons. The summed E-state index contributed by atoms with van der Waals surface area (Å²) in [5, 5.41) is 12.1. The molecule has 3 heteroatoms. The molecule has 0 heterocycles. The van der Waals surface area contributed by atoms with Crippen LogP contribution in [0.4, 0.5) is 5.69 Å². The van der Waals surface area contributed by atoms with Gasteiger partial charge in [0.05, 0.1) is 11.6 Å². The average molecular weight is 203 g/mol. The van der Waals surface area contributed by atoms with E-state index in [-0.39, 0.29) is 5.54 Å². The molecular formula is C12H17N3. The van der Waals surface area contributed by atoms with Crippen LogP contribution in [0.5, 0.6) is 0 Å². The van der Waals surface area contributed by atoms with Gasteiger partial charge in [-0.1, -0.05) is 0 Å². The maximum atomic E-state index is 8.77. The van der Waals surface area contributed by atoms with Crippen LogP contribution in [-0.2, 0) is 6.54 Å². The highest BCUT2D eigenvalue weighted by Gasteiger charge is 2.09. The highest BCUT2D eigenvalue weighted by Crippen LogP contribution is 2.14. The van der Waals surface area contributed by atoms with Gasteiger partial charge in [-0.2, -0.15) is 5.26 Å². The zero-order chi connectivity index (χ0) is 11.5. The summed E-state index contributed by atoms with van der Waals surface area (Å²) in [5.41, 5.74) is 8.23. The van der Waals surface area contributed by atoms with E-state index in [4.69, 9.17) is 11.0 Å². The Kier molecular flexibility index (Phi) is 3.33. The molecule has 3 N–H and O–H groups in total. The van der Waals surface area contributed by atoms with Crippen molar-refractivity contribution in [1.29, 1.82) is 5.26 Å². The van der Waals surface area contributed by atoms with E-state index in [1.54, 1.807) is 12.1 Å². The molecule has 0 bridgehead atoms. The topological polar surface area (TPSA) is 61.8 Å². The molecule has 0 aliphatic rings. The minimum absolute atomic E-state index is 0.0507. The third kappa shape index (κ3) is 3.61. The van der Waals surface area contributed by atoms with Crippen molar-refractivity contribution in [3.63, 3.8) is 0 Å². The van der Waals surface area contributed by atoms with Crippen molar-refractivity contribution < 1.29 is 0 Å². The predicted octanol–water partition coefficient (Wildman–Crippen LogP) is 2.03. The predicted molar refractivity (Wildman–Crippen MR) is 62.2 cm³/mol. The molecule has 0 aliphatic carbocycles. The van der Waals surface area contributed by atoms with Gasteiger partial charge >= 0.3 is 0 Å². The van der Waals surface area contributed by atoms with Crippen LogP contribution in [0.1, 0.15) is 31.9 Å². The lowest BCUT2D eigenvalue weighted by Gasteiger charge is -2.21. The van der Waals surface area contributed by atoms with Crippen LogP contribution < -0.4 is 11.1 Å². The number of nitrogens with zero attached hydrogens (tertiary/aromatic N) is 1. The van der Waals surface area contributed by atoms with Crippen LogP contribution in [0.2, 0.25) is 0 Å². The molecule has 0 fully saturated rings. The van der Waals surface area contributed by atoms with Crippen molar-refractivity contribution >= 4 is 5.69 Å². The van der Waals surface area contributed by atoms with Gasteiger partial charge in [-0.3, -0.25) is 0 Å². The maximum absolute atomic E-state index is 8.77. The highest BCUT2D eigenvalue weighted by atomic mass is 14.9. The normalized spacial score (nSPS) is 11.1. The average Bonchev–Trinajstić information content (AvgIpc) is 2.15. The molecule has 0 aliphatic heterocycles. The molecule has 0 spiro atoms. The molecule has 0 atom stereocenters. The smallest absolute Gasteiger partial charge is 0.0991 e. The first-order chi connectivity index (χ1) is 6.92. The van der Waals surface area contributed by atoms with E-state index in [2.05, 4.69) is 32.2 Å². The SMILES string of the molecule is CC(C)(C)NCc1cc(C#N)ccc1N. The number of nitrogens with one attached hydrogen (secondary N) is 1. The van der Waals surface area contributed by atoms with Gasteiger partial charge in [0.15, 0.2) is 0 Å². The van der Waals surface area contributed by atoms with E-state index >= 15 is 0 Å². The molecule has 1 aromatic carbocycles. The third-order valence-electron chi connectivity index (χ3n) is 2.08. The van der Waals surface area contributed by atoms with Crippen molar-refractivity contribution in [2.24, 2.45) is 0 Å². The number of nitrogens with two attached hydrogens (primary N) is 1. The zero-order valence-electron chi connectivity index (χ0n) is 9.46. The highest BCUT2D eigenvalue weighted by molar-refractivity contribution is 5.51. The molecule has 1 aromatic rings. The number of nitrogen functional groups attached to an aromatic ring is 1. The van der Waals surface area contributed by atoms with E-state index in [0.29, 0.717) is 12.1 Å². The lowest BCUT2D eigenvalue weighted by molar-refractivity contribution is 0.424. The van der Waals surface area contributed by atoms with Crippen molar-refractivity contribution in [3.05, 3.63) is 29.3 Å². The summed E-state index contributed by atoms with van der Waals surface area (Å²) in [6.07, 6.45) is 0. The van der Waals surface area contributed by atoms with Crippen molar-refractivity contribution in [3.8, 4) is 6.07 Å². The van der Waals surface area contributed by atoms with Gasteiger partial charge in [-0.15, -0.1) is 0 Å². The number of benzene rings is 1. The van der Waals surface area contributed by atoms with Crippen LogP contribution in [0, 0.1) is 11.3 Å². The first kappa shape index (κ1) is 11.5. The molecule has 0 unspecified atom stereocenters. The van der Waals surface area contributed by atoms with E-state index in [9.17, 15) is 0 Å². The Morgan fingerprint density at radius 3 is 2.60 bits per heavy atom. The minimum atomic E-state index is 0.0507. The fraction of sp³-hybridized carbons (Fsp3) is 0.417. The molecule has 0 aromatic heterocycles. The first-order valence-corrected chi connectivity index (χ1v) is 4.96. The van der Waals surface area contributed by atoms with Crippen molar-refractivity contribution in [2.45, 2.75) is 32.9 Å². The number of anilines is 1. The Bertz CT molecular complexity index is 383. The molecule has 0 saturated heterocycles. The Hall–Kier alpha value is -1.53. The van der Waals surface area contributed by atoms with Crippen molar-refractivity contribution in [1.82, 2.24) is 5.32 Å². The van der Waals surface area contributed by atoms with Crippen molar-refractivity contribution in [2.75, 3.05) is 5.73 Å². The van der Waals surface area contributed by atoms with Gasteiger partial charge in [0.25, 0.3) is 0 Å². The summed E-state index contributed by atoms with van der Waals surface area (Å²) in [5.74, 6) is 0. The third-order valence-corrected chi connectivity index (χ3v) is 2.08. The second-order valence-electron chi connectivity index (χ2n) is 4.63. The molecule has 0 saturated carbocycles. The van der Waals surface area contributed by atoms with Crippen LogP contribution in [0.15, 0.2) is 18.2 Å². The number of nitriles is 1. The van der Waals surface area contributed by atoms with Gasteiger partial charge in [-0.25, -0.2) is 0 Å². The standard InChI is InChI=1S/C12H17N3/c1-12(2,3)15-8-10-6-9(7-13)4-5-11(10)14/h4-6,15H,8,14H2,1-3H3. The molecule has 3 nitrogen and oxygen atoms in total. The van der Waals surface area contributed by atoms with Crippen LogP contribution >= 0.6 is 0 Å². The number of rotatable bonds is 2. The van der Waals surface area contributed by atoms with Gasteiger partial charge in [0.2, 0.25) is 0 Å². The number of hydrogen-bond acceptors (Lipinski definition) is 3. The maximum Gasteiger partial charge on any atom is 0.0991 e. The van der Waals surface area contributed by atoms with Gasteiger partial charge < -0.3 is 11.1 Å². The van der Waals surface area contributed by atoms with E-state index in [1.165, 1.54) is 0 Å². The summed E-state index contributed by atoms with van der Waals surface area (Å²) < 4.78 is 0. The largest absolute Gasteiger partial charge is 0.398 e. The summed E-state index contributed by atoms with van der Waals surface area (Å²) >= 11 is 0. The Morgan fingerprint density at radius 2 is 2.07 bits per heavy atom. The second-order valence-corrected chi connectivity index (χ2v) is 4.63. The van der Waals surface area contributed by atoms with Gasteiger partial charge in [0.1, 0.15) is 0 Å². The molecule has 0 amide bonds. The monoisotopic (exact) mass is 203 g/mol. The molecule has 1 rings (SSSR count). The zero-order valence-corrected chi connectivity index (χ0v) is 9.46. The number of hydrogen-bond donors (Lipinski definition) is 2. The Balaban J connectivity index is 2.81. The van der Waals surface area contributed by atoms with E-state index < -0.39 is 0 Å². The van der Waals surface area contributed by atoms with E-state index in [0.717, 1.165) is 11.3 Å². The summed E-state index contributed by atoms with van der Waals surface area (Å²) in [4.78, 5) is 0. The fourth-order valence-corrected chi connectivity index (χ4v) is 1.19. The van der Waals surface area contributed by atoms with Crippen LogP contribution in [0.25, 0.3) is 0 Å². The first-order valence-electron chi connectivity index (χ1n) is 4.96. The lowest BCUT2D eigenvalue weighted by Crippen LogP contribution is -2.35. The Labute approximate surface area is 90.9 Å². The molecular weight excluding hydrogens is 186 g/mol. The van der Waals surface area contributed by atoms with Gasteiger partial charge in [-0.05, 0) is 44.5 Å². The minimum Gasteiger partial charge on any atom is -0.398 e. The molecule has 15 heavy (non-hydrogen) atoms. The summed E-state index contributed by atoms with van der Waals surface area (Å²) in [6, 6.07) is 7.44. The van der Waals surface area contributed by atoms with Gasteiger partial charge in [0, 0.05) is 17.8 Å². The Morgan fingerprint density at radius 1 is 1.40 bits per heavy atom.